The van der Waals surface area contributed by atoms with Crippen molar-refractivity contribution in [3.05, 3.63) is 59.4 Å². The van der Waals surface area contributed by atoms with Crippen LogP contribution in [0.2, 0.25) is 0 Å². The summed E-state index contributed by atoms with van der Waals surface area (Å²) >= 11 is 0. The molecule has 0 saturated carbocycles. The third kappa shape index (κ3) is 3.41. The lowest BCUT2D eigenvalue weighted by molar-refractivity contribution is 0.0604. The molecule has 3 heterocycles. The van der Waals surface area contributed by atoms with Crippen molar-refractivity contribution in [3.8, 4) is 0 Å². The van der Waals surface area contributed by atoms with E-state index in [1.54, 1.807) is 6.20 Å². The fourth-order valence-electron chi connectivity index (χ4n) is 4.44. The number of rotatable bonds is 4. The van der Waals surface area contributed by atoms with Crippen molar-refractivity contribution in [2.24, 2.45) is 5.92 Å². The second kappa shape index (κ2) is 7.57. The summed E-state index contributed by atoms with van der Waals surface area (Å²) in [5.41, 5.74) is 3.12. The molecule has 0 radical (unpaired) electrons. The number of benzene rings is 1. The van der Waals surface area contributed by atoms with E-state index in [1.807, 2.05) is 41.1 Å². The Balaban J connectivity index is 1.43. The van der Waals surface area contributed by atoms with E-state index in [9.17, 15) is 9.90 Å². The third-order valence-corrected chi connectivity index (χ3v) is 5.98. The minimum absolute atomic E-state index is 0.283. The first kappa shape index (κ1) is 18.3. The molecule has 5 rings (SSSR count). The maximum Gasteiger partial charge on any atom is 0.273 e. The van der Waals surface area contributed by atoms with Crippen molar-refractivity contribution in [3.63, 3.8) is 0 Å². The first-order valence-corrected chi connectivity index (χ1v) is 10.2. The average molecular weight is 392 g/mol. The van der Waals surface area contributed by atoms with Crippen molar-refractivity contribution in [2.75, 3.05) is 13.2 Å². The van der Waals surface area contributed by atoms with Crippen molar-refractivity contribution in [1.29, 1.82) is 0 Å². The quantitative estimate of drug-likeness (QED) is 0.711. The predicted molar refractivity (Wildman–Crippen MR) is 107 cm³/mol. The van der Waals surface area contributed by atoms with Crippen LogP contribution < -0.4 is 5.32 Å². The predicted octanol–water partition coefficient (Wildman–Crippen LogP) is 2.25. The molecule has 2 N–H and O–H groups in total. The number of amides is 1. The van der Waals surface area contributed by atoms with Gasteiger partial charge in [0.2, 0.25) is 0 Å². The topological polar surface area (TPSA) is 89.3 Å². The number of fused-ring (bicyclic) bond motifs is 2. The van der Waals surface area contributed by atoms with Gasteiger partial charge in [-0.3, -0.25) is 4.79 Å². The number of carbonyl (C=O) groups is 1. The molecule has 1 aliphatic carbocycles. The van der Waals surface area contributed by atoms with Crippen molar-refractivity contribution >= 4 is 16.9 Å². The van der Waals surface area contributed by atoms with E-state index in [-0.39, 0.29) is 5.91 Å². The molecular weight excluding hydrogens is 368 g/mol. The Morgan fingerprint density at radius 1 is 1.21 bits per heavy atom. The van der Waals surface area contributed by atoms with Crippen LogP contribution in [0.1, 0.15) is 40.5 Å². The molecule has 0 bridgehead atoms. The molecule has 2 atom stereocenters. The summed E-state index contributed by atoms with van der Waals surface area (Å²) in [4.78, 5) is 17.6. The molecule has 7 heteroatoms. The average Bonchev–Trinajstić information content (AvgIpc) is 3.27. The lowest BCUT2D eigenvalue weighted by Gasteiger charge is -2.21. The summed E-state index contributed by atoms with van der Waals surface area (Å²) in [6, 6.07) is 11.1. The summed E-state index contributed by atoms with van der Waals surface area (Å²) in [6.45, 7) is 2.26. The van der Waals surface area contributed by atoms with Gasteiger partial charge in [-0.25, -0.2) is 9.67 Å². The van der Waals surface area contributed by atoms with Crippen LogP contribution in [0.25, 0.3) is 11.0 Å². The molecule has 0 spiro atoms. The molecule has 1 aromatic carbocycles. The highest BCUT2D eigenvalue weighted by atomic mass is 16.5. The molecule has 7 nitrogen and oxygen atoms in total. The van der Waals surface area contributed by atoms with E-state index >= 15 is 0 Å². The van der Waals surface area contributed by atoms with Crippen LogP contribution in [0.5, 0.6) is 0 Å². The number of hydrogen-bond acceptors (Lipinski definition) is 5. The maximum absolute atomic E-state index is 13.1. The zero-order valence-electron chi connectivity index (χ0n) is 16.1. The lowest BCUT2D eigenvalue weighted by Crippen LogP contribution is -2.34. The van der Waals surface area contributed by atoms with Crippen LogP contribution in [-0.2, 0) is 17.7 Å². The summed E-state index contributed by atoms with van der Waals surface area (Å²) in [7, 11) is 0. The highest BCUT2D eigenvalue weighted by Crippen LogP contribution is 2.32. The summed E-state index contributed by atoms with van der Waals surface area (Å²) in [6.07, 6.45) is 3.61. The van der Waals surface area contributed by atoms with E-state index in [4.69, 9.17) is 4.74 Å². The molecule has 1 amide bonds. The number of nitrogens with one attached hydrogen (secondary N) is 1. The van der Waals surface area contributed by atoms with E-state index in [1.165, 1.54) is 0 Å². The molecule has 1 aliphatic heterocycles. The van der Waals surface area contributed by atoms with Crippen molar-refractivity contribution < 1.29 is 14.6 Å². The van der Waals surface area contributed by atoms with Gasteiger partial charge in [0.15, 0.2) is 11.3 Å². The Morgan fingerprint density at radius 3 is 2.90 bits per heavy atom. The number of pyridine rings is 1. The largest absolute Gasteiger partial charge is 0.390 e. The van der Waals surface area contributed by atoms with Gasteiger partial charge in [-0.05, 0) is 42.0 Å². The minimum atomic E-state index is -0.634. The molecule has 2 aliphatic rings. The number of hydrogen-bond donors (Lipinski definition) is 2. The fraction of sp³-hybridized carbons (Fsp3) is 0.409. The zero-order valence-corrected chi connectivity index (χ0v) is 16.1. The number of aromatic nitrogens is 3. The minimum Gasteiger partial charge on any atom is -0.390 e. The smallest absolute Gasteiger partial charge is 0.273 e. The number of aliphatic hydroxyl groups excluding tert-OH is 1. The van der Waals surface area contributed by atoms with Crippen LogP contribution in [0, 0.1) is 5.92 Å². The van der Waals surface area contributed by atoms with Crippen molar-refractivity contribution in [1.82, 2.24) is 20.1 Å². The SMILES string of the molecule is O=C(N[C@H]1c2ccccc2C[C@H]1O)c1nn(CC2CCOCC2)c2ncccc12. The Labute approximate surface area is 168 Å². The summed E-state index contributed by atoms with van der Waals surface area (Å²) < 4.78 is 7.29. The van der Waals surface area contributed by atoms with Gasteiger partial charge in [-0.1, -0.05) is 24.3 Å². The number of nitrogens with zero attached hydrogens (tertiary/aromatic N) is 3. The van der Waals surface area contributed by atoms with Crippen LogP contribution in [-0.4, -0.2) is 45.1 Å². The standard InChI is InChI=1S/C22H24N4O3/c27-18-12-15-4-1-2-5-16(15)19(18)24-22(28)20-17-6-3-9-23-21(17)26(25-20)13-14-7-10-29-11-8-14/h1-6,9,14,18-19,27H,7-8,10-13H2,(H,24,28)/t18-,19+/m1/s1. The van der Waals surface area contributed by atoms with Gasteiger partial charge in [-0.15, -0.1) is 0 Å². The fourth-order valence-corrected chi connectivity index (χ4v) is 4.44. The Hall–Kier alpha value is -2.77. The first-order valence-electron chi connectivity index (χ1n) is 10.2. The van der Waals surface area contributed by atoms with E-state index in [0.717, 1.165) is 54.8 Å². The Bertz CT molecular complexity index is 1040. The number of aliphatic hydroxyl groups is 1. The van der Waals surface area contributed by atoms with Gasteiger partial charge < -0.3 is 15.2 Å². The van der Waals surface area contributed by atoms with Crippen LogP contribution in [0.3, 0.4) is 0 Å². The Morgan fingerprint density at radius 2 is 2.03 bits per heavy atom. The summed E-state index contributed by atoms with van der Waals surface area (Å²) in [5.74, 6) is 0.183. The highest BCUT2D eigenvalue weighted by Gasteiger charge is 2.33. The second-order valence-corrected chi connectivity index (χ2v) is 7.88. The van der Waals surface area contributed by atoms with Gasteiger partial charge in [-0.2, -0.15) is 5.10 Å². The van der Waals surface area contributed by atoms with Gasteiger partial charge in [0.25, 0.3) is 5.91 Å². The van der Waals surface area contributed by atoms with Crippen LogP contribution in [0.15, 0.2) is 42.6 Å². The normalized spacial score (nSPS) is 22.0. The summed E-state index contributed by atoms with van der Waals surface area (Å²) in [5, 5.41) is 18.8. The molecule has 29 heavy (non-hydrogen) atoms. The van der Waals surface area contributed by atoms with Crippen LogP contribution in [0.4, 0.5) is 0 Å². The van der Waals surface area contributed by atoms with E-state index in [2.05, 4.69) is 15.4 Å². The molecular formula is C22H24N4O3. The molecule has 3 aromatic rings. The highest BCUT2D eigenvalue weighted by molar-refractivity contribution is 6.04. The monoisotopic (exact) mass is 392 g/mol. The second-order valence-electron chi connectivity index (χ2n) is 7.88. The van der Waals surface area contributed by atoms with Gasteiger partial charge in [0.1, 0.15) is 0 Å². The maximum atomic E-state index is 13.1. The van der Waals surface area contributed by atoms with Gasteiger partial charge >= 0.3 is 0 Å². The third-order valence-electron chi connectivity index (χ3n) is 5.98. The molecule has 150 valence electrons. The lowest BCUT2D eigenvalue weighted by atomic mass is 10.0. The molecule has 1 fully saturated rings. The molecule has 0 unspecified atom stereocenters. The molecule has 1 saturated heterocycles. The van der Waals surface area contributed by atoms with Crippen molar-refractivity contribution in [2.45, 2.75) is 38.0 Å². The first-order chi connectivity index (χ1) is 14.2. The van der Waals surface area contributed by atoms with Gasteiger partial charge in [0, 0.05) is 32.4 Å². The zero-order chi connectivity index (χ0) is 19.8. The van der Waals surface area contributed by atoms with E-state index in [0.29, 0.717) is 18.0 Å². The molecule has 2 aromatic heterocycles. The van der Waals surface area contributed by atoms with E-state index < -0.39 is 12.1 Å². The van der Waals surface area contributed by atoms with Crippen LogP contribution >= 0.6 is 0 Å². The number of ether oxygens (including phenoxy) is 1. The van der Waals surface area contributed by atoms with Gasteiger partial charge in [0.05, 0.1) is 17.5 Å². The Kier molecular flexibility index (Phi) is 4.77. The number of carbonyl (C=O) groups excluding carboxylic acids is 1.